The molecule has 0 aromatic heterocycles. The van der Waals surface area contributed by atoms with Gasteiger partial charge in [-0.1, -0.05) is 60.7 Å². The van der Waals surface area contributed by atoms with Crippen LogP contribution in [0.15, 0.2) is 109 Å². The van der Waals surface area contributed by atoms with Gasteiger partial charge in [-0.3, -0.25) is 0 Å². The van der Waals surface area contributed by atoms with Gasteiger partial charge in [0, 0.05) is 11.1 Å². The number of nitrogens with zero attached hydrogens (tertiary/aromatic N) is 2. The summed E-state index contributed by atoms with van der Waals surface area (Å²) in [4.78, 5) is 0. The molecule has 6 heteroatoms. The van der Waals surface area contributed by atoms with Crippen molar-refractivity contribution in [3.05, 3.63) is 131 Å². The first-order valence-electron chi connectivity index (χ1n) is 13.4. The number of ether oxygens (including phenoxy) is 2. The van der Waals surface area contributed by atoms with Crippen molar-refractivity contribution in [2.45, 2.75) is 26.3 Å². The number of hydrogen-bond acceptors (Lipinski definition) is 2. The van der Waals surface area contributed by atoms with Crippen LogP contribution in [-0.4, -0.2) is 50.2 Å². The highest BCUT2D eigenvalue weighted by atomic mass is 35.5. The minimum absolute atomic E-state index is 0. The van der Waals surface area contributed by atoms with Crippen LogP contribution >= 0.6 is 0 Å². The topological polar surface area (TPSA) is 18.5 Å². The zero-order valence-electron chi connectivity index (χ0n) is 24.1. The summed E-state index contributed by atoms with van der Waals surface area (Å²) in [6.07, 6.45) is 0. The lowest BCUT2D eigenvalue weighted by Crippen LogP contribution is -3.00. The van der Waals surface area contributed by atoms with Crippen LogP contribution in [-0.2, 0) is 26.3 Å². The Morgan fingerprint density at radius 1 is 0.425 bits per heavy atom. The molecule has 0 N–H and O–H groups in total. The van der Waals surface area contributed by atoms with Crippen LogP contribution in [0.5, 0.6) is 11.5 Å². The van der Waals surface area contributed by atoms with Crippen LogP contribution in [0.2, 0.25) is 0 Å². The molecule has 0 bridgehead atoms. The predicted molar refractivity (Wildman–Crippen MR) is 156 cm³/mol. The zero-order chi connectivity index (χ0) is 26.8. The summed E-state index contributed by atoms with van der Waals surface area (Å²) in [6.45, 7) is 5.37. The van der Waals surface area contributed by atoms with Gasteiger partial charge in [-0.25, -0.2) is 0 Å². The Morgan fingerprint density at radius 2 is 0.750 bits per heavy atom. The molecular weight excluding hydrogens is 539 g/mol. The maximum atomic E-state index is 5.95. The Labute approximate surface area is 253 Å². The third-order valence-corrected chi connectivity index (χ3v) is 6.88. The van der Waals surface area contributed by atoms with Gasteiger partial charge in [0.15, 0.2) is 0 Å². The largest absolute Gasteiger partial charge is 1.00 e. The number of quaternary nitrogens is 2. The van der Waals surface area contributed by atoms with Gasteiger partial charge in [-0.15, -0.1) is 0 Å². The van der Waals surface area contributed by atoms with Gasteiger partial charge in [0.05, 0.1) is 28.2 Å². The fourth-order valence-corrected chi connectivity index (χ4v) is 4.55. The van der Waals surface area contributed by atoms with E-state index in [9.17, 15) is 0 Å². The molecule has 0 amide bonds. The van der Waals surface area contributed by atoms with E-state index < -0.39 is 0 Å². The van der Waals surface area contributed by atoms with Gasteiger partial charge in [-0.05, 0) is 59.7 Å². The Balaban J connectivity index is 0.00000280. The molecule has 214 valence electrons. The lowest BCUT2D eigenvalue weighted by molar-refractivity contribution is -0.958. The Morgan fingerprint density at radius 3 is 1.07 bits per heavy atom. The van der Waals surface area contributed by atoms with E-state index in [4.69, 9.17) is 9.47 Å². The maximum Gasteiger partial charge on any atom is 0.128 e. The summed E-state index contributed by atoms with van der Waals surface area (Å²) in [6, 6.07) is 37.7. The first kappa shape index (κ1) is 33.2. The number of likely N-dealkylation sites (N-methyl/N-ethyl adjacent to an activating group) is 2. The third kappa shape index (κ3) is 11.2. The van der Waals surface area contributed by atoms with E-state index in [1.54, 1.807) is 0 Å². The average molecular weight is 582 g/mol. The van der Waals surface area contributed by atoms with E-state index in [1.807, 2.05) is 36.4 Å². The van der Waals surface area contributed by atoms with E-state index >= 15 is 0 Å². The molecular formula is C34H42Cl2N2O2. The van der Waals surface area contributed by atoms with Crippen LogP contribution in [0, 0.1) is 0 Å². The fourth-order valence-electron chi connectivity index (χ4n) is 4.55. The SMILES string of the molecule is C[N+](C)(CC[N+](C)(C)Cc1ccc(OCc2ccccc2)cc1)Cc1ccc(OCc2ccccc2)cc1.[Cl-].[Cl-]. The first-order valence-corrected chi connectivity index (χ1v) is 13.4. The molecule has 0 aliphatic heterocycles. The highest BCUT2D eigenvalue weighted by Gasteiger charge is 2.23. The normalized spacial score (nSPS) is 11.2. The standard InChI is InChI=1S/C34H42N2O2.2ClH/c1-35(2,25-29-15-19-33(20-16-29)37-27-31-11-7-5-8-12-31)23-24-36(3,4)26-30-17-21-34(22-18-30)38-28-32-13-9-6-10-14-32;;/h5-22H,23-28H2,1-4H3;2*1H/q+2;;/p-2. The molecule has 0 heterocycles. The van der Waals surface area contributed by atoms with Crippen molar-refractivity contribution in [3.8, 4) is 11.5 Å². The minimum Gasteiger partial charge on any atom is -1.00 e. The van der Waals surface area contributed by atoms with Crippen molar-refractivity contribution in [1.82, 2.24) is 0 Å². The lowest BCUT2D eigenvalue weighted by atomic mass is 10.1. The monoisotopic (exact) mass is 580 g/mol. The van der Waals surface area contributed by atoms with Crippen LogP contribution in [0.3, 0.4) is 0 Å². The van der Waals surface area contributed by atoms with Gasteiger partial charge in [0.25, 0.3) is 0 Å². The molecule has 40 heavy (non-hydrogen) atoms. The summed E-state index contributed by atoms with van der Waals surface area (Å²) in [5.74, 6) is 1.83. The van der Waals surface area contributed by atoms with Crippen molar-refractivity contribution in [2.24, 2.45) is 0 Å². The molecule has 4 rings (SSSR count). The zero-order valence-corrected chi connectivity index (χ0v) is 25.6. The number of hydrogen-bond donors (Lipinski definition) is 0. The van der Waals surface area contributed by atoms with Crippen LogP contribution < -0.4 is 34.3 Å². The summed E-state index contributed by atoms with van der Waals surface area (Å²) in [7, 11) is 9.27. The van der Waals surface area contributed by atoms with Crippen LogP contribution in [0.25, 0.3) is 0 Å². The molecule has 0 spiro atoms. The van der Waals surface area contributed by atoms with Crippen LogP contribution in [0.4, 0.5) is 0 Å². The highest BCUT2D eigenvalue weighted by molar-refractivity contribution is 5.28. The average Bonchev–Trinajstić information content (AvgIpc) is 2.92. The van der Waals surface area contributed by atoms with Crippen molar-refractivity contribution >= 4 is 0 Å². The maximum absolute atomic E-state index is 5.95. The molecule has 4 aromatic rings. The molecule has 4 aromatic carbocycles. The van der Waals surface area contributed by atoms with E-state index in [-0.39, 0.29) is 24.8 Å². The molecule has 0 atom stereocenters. The van der Waals surface area contributed by atoms with Crippen LogP contribution in [0.1, 0.15) is 22.3 Å². The highest BCUT2D eigenvalue weighted by Crippen LogP contribution is 2.19. The van der Waals surface area contributed by atoms with E-state index in [1.165, 1.54) is 22.3 Å². The fraction of sp³-hybridized carbons (Fsp3) is 0.294. The Hall–Kier alpha value is -3.02. The predicted octanol–water partition coefficient (Wildman–Crippen LogP) is 0.706. The molecule has 0 unspecified atom stereocenters. The molecule has 0 fully saturated rings. The number of benzene rings is 4. The quantitative estimate of drug-likeness (QED) is 0.217. The summed E-state index contributed by atoms with van der Waals surface area (Å²) < 4.78 is 13.8. The lowest BCUT2D eigenvalue weighted by Gasteiger charge is -2.36. The van der Waals surface area contributed by atoms with Gasteiger partial charge >= 0.3 is 0 Å². The smallest absolute Gasteiger partial charge is 0.128 e. The molecule has 4 nitrogen and oxygen atoms in total. The minimum atomic E-state index is 0. The molecule has 0 aliphatic rings. The molecule has 0 saturated carbocycles. The second-order valence-corrected chi connectivity index (χ2v) is 11.5. The van der Waals surface area contributed by atoms with E-state index in [0.29, 0.717) is 13.2 Å². The van der Waals surface area contributed by atoms with Gasteiger partial charge in [0.1, 0.15) is 50.9 Å². The van der Waals surface area contributed by atoms with Gasteiger partial charge in [0.2, 0.25) is 0 Å². The second kappa shape index (κ2) is 15.7. The second-order valence-electron chi connectivity index (χ2n) is 11.5. The van der Waals surface area contributed by atoms with Gasteiger partial charge in [-0.2, -0.15) is 0 Å². The number of halogens is 2. The number of rotatable bonds is 13. The Kier molecular flexibility index (Phi) is 13.0. The van der Waals surface area contributed by atoms with E-state index in [2.05, 4.69) is 101 Å². The molecule has 0 aliphatic carbocycles. The summed E-state index contributed by atoms with van der Waals surface area (Å²) in [5, 5.41) is 0. The van der Waals surface area contributed by atoms with Gasteiger partial charge < -0.3 is 43.3 Å². The van der Waals surface area contributed by atoms with E-state index in [0.717, 1.165) is 46.6 Å². The molecule has 0 saturated heterocycles. The summed E-state index contributed by atoms with van der Waals surface area (Å²) in [5.41, 5.74) is 5.03. The van der Waals surface area contributed by atoms with Crippen molar-refractivity contribution in [1.29, 1.82) is 0 Å². The summed E-state index contributed by atoms with van der Waals surface area (Å²) >= 11 is 0. The first-order chi connectivity index (χ1) is 18.3. The third-order valence-electron chi connectivity index (χ3n) is 6.88. The van der Waals surface area contributed by atoms with Crippen molar-refractivity contribution < 1.29 is 43.3 Å². The van der Waals surface area contributed by atoms with Crippen molar-refractivity contribution in [3.63, 3.8) is 0 Å². The van der Waals surface area contributed by atoms with Crippen molar-refractivity contribution in [2.75, 3.05) is 41.3 Å². The molecule has 0 radical (unpaired) electrons. The Bertz CT molecular complexity index is 1150.